The number of hydrogen-bond donors (Lipinski definition) is 1. The maximum absolute atomic E-state index is 11.4. The van der Waals surface area contributed by atoms with Crippen molar-refractivity contribution in [1.29, 1.82) is 0 Å². The van der Waals surface area contributed by atoms with Crippen LogP contribution in [0.15, 0.2) is 24.3 Å². The van der Waals surface area contributed by atoms with E-state index >= 15 is 0 Å². The van der Waals surface area contributed by atoms with Gasteiger partial charge in [-0.2, -0.15) is 0 Å². The van der Waals surface area contributed by atoms with E-state index in [1.165, 1.54) is 43.2 Å². The van der Waals surface area contributed by atoms with E-state index in [1.54, 1.807) is 7.05 Å². The zero-order valence-electron chi connectivity index (χ0n) is 11.8. The van der Waals surface area contributed by atoms with Gasteiger partial charge in [0, 0.05) is 13.5 Å². The van der Waals surface area contributed by atoms with Crippen molar-refractivity contribution < 1.29 is 4.79 Å². The van der Waals surface area contributed by atoms with Crippen LogP contribution in [0.1, 0.15) is 55.6 Å². The zero-order valence-corrected chi connectivity index (χ0v) is 11.8. The van der Waals surface area contributed by atoms with E-state index < -0.39 is 0 Å². The molecule has 0 heterocycles. The second-order valence-corrected chi connectivity index (χ2v) is 5.58. The van der Waals surface area contributed by atoms with E-state index in [1.807, 2.05) is 0 Å². The minimum Gasteiger partial charge on any atom is -0.284 e. The van der Waals surface area contributed by atoms with E-state index in [2.05, 4.69) is 24.3 Å². The molecular weight excluding hydrogens is 236 g/mol. The van der Waals surface area contributed by atoms with Crippen LogP contribution in [-0.2, 0) is 11.2 Å². The molecule has 1 saturated carbocycles. The smallest absolute Gasteiger partial charge is 0.236 e. The van der Waals surface area contributed by atoms with Crippen molar-refractivity contribution in [3.05, 3.63) is 35.4 Å². The lowest BCUT2D eigenvalue weighted by Crippen LogP contribution is -2.33. The van der Waals surface area contributed by atoms with Crippen LogP contribution in [0.3, 0.4) is 0 Å². The average molecular weight is 260 g/mol. The summed E-state index contributed by atoms with van der Waals surface area (Å²) in [5.74, 6) is 6.14. The van der Waals surface area contributed by atoms with Crippen molar-refractivity contribution >= 4 is 5.91 Å². The second kappa shape index (κ2) is 6.71. The molecule has 2 N–H and O–H groups in total. The van der Waals surface area contributed by atoms with Crippen molar-refractivity contribution in [1.82, 2.24) is 5.01 Å². The van der Waals surface area contributed by atoms with Crippen LogP contribution < -0.4 is 5.84 Å². The Kier molecular flexibility index (Phi) is 4.97. The maximum atomic E-state index is 11.4. The SMILES string of the molecule is CN(N)C(=O)CCc1ccc(C2CCCCC2)cc1. The highest BCUT2D eigenvalue weighted by atomic mass is 16.2. The molecule has 3 nitrogen and oxygen atoms in total. The minimum atomic E-state index is -0.0173. The third kappa shape index (κ3) is 4.06. The van der Waals surface area contributed by atoms with Gasteiger partial charge < -0.3 is 0 Å². The predicted octanol–water partition coefficient (Wildman–Crippen LogP) is 3.00. The van der Waals surface area contributed by atoms with Gasteiger partial charge in [0.05, 0.1) is 0 Å². The average Bonchev–Trinajstić information content (AvgIpc) is 2.46. The molecule has 1 aliphatic carbocycles. The number of nitrogens with zero attached hydrogens (tertiary/aromatic N) is 1. The zero-order chi connectivity index (χ0) is 13.7. The molecule has 0 spiro atoms. The summed E-state index contributed by atoms with van der Waals surface area (Å²) in [4.78, 5) is 11.4. The van der Waals surface area contributed by atoms with Gasteiger partial charge in [-0.3, -0.25) is 9.80 Å². The number of rotatable bonds is 4. The van der Waals surface area contributed by atoms with Crippen LogP contribution in [0.2, 0.25) is 0 Å². The molecule has 0 radical (unpaired) electrons. The summed E-state index contributed by atoms with van der Waals surface area (Å²) in [6.45, 7) is 0. The van der Waals surface area contributed by atoms with Gasteiger partial charge in [-0.15, -0.1) is 0 Å². The monoisotopic (exact) mass is 260 g/mol. The fourth-order valence-corrected chi connectivity index (χ4v) is 2.82. The number of hydrogen-bond acceptors (Lipinski definition) is 2. The summed E-state index contributed by atoms with van der Waals surface area (Å²) in [6, 6.07) is 8.80. The number of nitrogens with two attached hydrogens (primary N) is 1. The minimum absolute atomic E-state index is 0.0173. The summed E-state index contributed by atoms with van der Waals surface area (Å²) < 4.78 is 0. The van der Waals surface area contributed by atoms with E-state index in [4.69, 9.17) is 5.84 Å². The number of amides is 1. The van der Waals surface area contributed by atoms with Crippen LogP contribution in [0.4, 0.5) is 0 Å². The molecule has 3 heteroatoms. The fourth-order valence-electron chi connectivity index (χ4n) is 2.82. The first-order chi connectivity index (χ1) is 9.16. The number of benzene rings is 1. The Hall–Kier alpha value is -1.35. The Balaban J connectivity index is 1.89. The Morgan fingerprint density at radius 3 is 2.42 bits per heavy atom. The van der Waals surface area contributed by atoms with Gasteiger partial charge in [-0.1, -0.05) is 43.5 Å². The van der Waals surface area contributed by atoms with Crippen LogP contribution >= 0.6 is 0 Å². The fraction of sp³-hybridized carbons (Fsp3) is 0.562. The summed E-state index contributed by atoms with van der Waals surface area (Å²) in [5, 5.41) is 1.16. The normalized spacial score (nSPS) is 16.3. The quantitative estimate of drug-likeness (QED) is 0.514. The molecule has 1 aliphatic rings. The topological polar surface area (TPSA) is 46.3 Å². The molecule has 1 aromatic carbocycles. The molecule has 0 aromatic heterocycles. The number of aryl methyl sites for hydroxylation is 1. The van der Waals surface area contributed by atoms with Gasteiger partial charge in [0.15, 0.2) is 0 Å². The van der Waals surface area contributed by atoms with Gasteiger partial charge in [0.25, 0.3) is 0 Å². The van der Waals surface area contributed by atoms with Crippen molar-refractivity contribution in [2.24, 2.45) is 5.84 Å². The molecule has 0 aliphatic heterocycles. The summed E-state index contributed by atoms with van der Waals surface area (Å²) in [5.41, 5.74) is 2.68. The lowest BCUT2D eigenvalue weighted by molar-refractivity contribution is -0.130. The van der Waals surface area contributed by atoms with Crippen LogP contribution in [0.5, 0.6) is 0 Å². The highest BCUT2D eigenvalue weighted by molar-refractivity contribution is 5.75. The Morgan fingerprint density at radius 2 is 1.84 bits per heavy atom. The first-order valence-corrected chi connectivity index (χ1v) is 7.27. The number of hydrazine groups is 1. The highest BCUT2D eigenvalue weighted by Gasteiger charge is 2.15. The lowest BCUT2D eigenvalue weighted by Gasteiger charge is -2.22. The Labute approximate surface area is 115 Å². The summed E-state index contributed by atoms with van der Waals surface area (Å²) in [6.07, 6.45) is 8.03. The van der Waals surface area contributed by atoms with Crippen molar-refractivity contribution in [3.8, 4) is 0 Å². The largest absolute Gasteiger partial charge is 0.284 e. The van der Waals surface area contributed by atoms with E-state index in [9.17, 15) is 4.79 Å². The van der Waals surface area contributed by atoms with Crippen LogP contribution in [0, 0.1) is 0 Å². The van der Waals surface area contributed by atoms with Gasteiger partial charge in [0.1, 0.15) is 0 Å². The molecule has 1 amide bonds. The second-order valence-electron chi connectivity index (χ2n) is 5.58. The molecule has 0 atom stereocenters. The predicted molar refractivity (Wildman–Crippen MR) is 77.5 cm³/mol. The molecule has 0 saturated heterocycles. The van der Waals surface area contributed by atoms with Crippen LogP contribution in [0.25, 0.3) is 0 Å². The Morgan fingerprint density at radius 1 is 1.21 bits per heavy atom. The molecule has 2 rings (SSSR count). The van der Waals surface area contributed by atoms with Gasteiger partial charge in [-0.25, -0.2) is 5.84 Å². The summed E-state index contributed by atoms with van der Waals surface area (Å²) in [7, 11) is 1.59. The first kappa shape index (κ1) is 14.1. The summed E-state index contributed by atoms with van der Waals surface area (Å²) >= 11 is 0. The Bertz CT molecular complexity index is 405. The highest BCUT2D eigenvalue weighted by Crippen LogP contribution is 2.32. The van der Waals surface area contributed by atoms with Gasteiger partial charge >= 0.3 is 0 Å². The first-order valence-electron chi connectivity index (χ1n) is 7.27. The van der Waals surface area contributed by atoms with Gasteiger partial charge in [-0.05, 0) is 36.3 Å². The van der Waals surface area contributed by atoms with E-state index in [0.717, 1.165) is 17.3 Å². The van der Waals surface area contributed by atoms with Gasteiger partial charge in [0.2, 0.25) is 5.91 Å². The van der Waals surface area contributed by atoms with Crippen LogP contribution in [-0.4, -0.2) is 18.0 Å². The number of carbonyl (C=O) groups excluding carboxylic acids is 1. The van der Waals surface area contributed by atoms with Crippen molar-refractivity contribution in [2.75, 3.05) is 7.05 Å². The molecule has 19 heavy (non-hydrogen) atoms. The third-order valence-electron chi connectivity index (χ3n) is 4.08. The van der Waals surface area contributed by atoms with Crippen molar-refractivity contribution in [3.63, 3.8) is 0 Å². The third-order valence-corrected chi connectivity index (χ3v) is 4.08. The molecule has 0 bridgehead atoms. The molecule has 1 aromatic rings. The molecular formula is C16H24N2O. The molecule has 0 unspecified atom stereocenters. The lowest BCUT2D eigenvalue weighted by atomic mass is 9.84. The standard InChI is InChI=1S/C16H24N2O/c1-18(17)16(19)12-9-13-7-10-15(11-8-13)14-5-3-2-4-6-14/h7-8,10-11,14H,2-6,9,12,17H2,1H3. The van der Waals surface area contributed by atoms with Crippen molar-refractivity contribution in [2.45, 2.75) is 50.9 Å². The molecule has 104 valence electrons. The van der Waals surface area contributed by atoms with E-state index in [0.29, 0.717) is 6.42 Å². The molecule has 1 fully saturated rings. The van der Waals surface area contributed by atoms with E-state index in [-0.39, 0.29) is 5.91 Å². The maximum Gasteiger partial charge on any atom is 0.236 e. The number of carbonyl (C=O) groups is 1.